The summed E-state index contributed by atoms with van der Waals surface area (Å²) in [5.41, 5.74) is -7.00. The van der Waals surface area contributed by atoms with Crippen molar-refractivity contribution in [2.24, 2.45) is 28.6 Å². The molecule has 0 amide bonds. The Labute approximate surface area is 199 Å². The van der Waals surface area contributed by atoms with Crippen LogP contribution in [0.2, 0.25) is 0 Å². The van der Waals surface area contributed by atoms with Crippen LogP contribution in [0.15, 0.2) is 23.8 Å². The van der Waals surface area contributed by atoms with Gasteiger partial charge in [-0.15, -0.1) is 0 Å². The molecule has 4 aliphatic carbocycles. The number of Topliss-reactive ketones (excluding diaryl/α,β-unsaturated/α-hetero) is 1. The largest absolute Gasteiger partial charge is 0.450 e. The fourth-order valence-electron chi connectivity index (χ4n) is 7.68. The molecule has 0 bridgehead atoms. The molecule has 0 heterocycles. The molecule has 33 heavy (non-hydrogen) atoms. The van der Waals surface area contributed by atoms with Crippen molar-refractivity contribution < 1.29 is 38.1 Å². The van der Waals surface area contributed by atoms with Crippen molar-refractivity contribution in [2.75, 3.05) is 6.61 Å². The van der Waals surface area contributed by atoms with Crippen molar-refractivity contribution in [1.82, 2.24) is 0 Å². The predicted octanol–water partition coefficient (Wildman–Crippen LogP) is 2.79. The number of halogens is 3. The molecule has 3 fully saturated rings. The maximum absolute atomic E-state index is 17.3. The van der Waals surface area contributed by atoms with Gasteiger partial charge in [-0.05, 0) is 43.4 Å². The molecule has 6 nitrogen and oxygen atoms in total. The highest BCUT2D eigenvalue weighted by Gasteiger charge is 2.79. The zero-order valence-electron chi connectivity index (χ0n) is 19.0. The summed E-state index contributed by atoms with van der Waals surface area (Å²) >= 11 is 3.34. The van der Waals surface area contributed by atoms with Gasteiger partial charge in [0.1, 0.15) is 12.8 Å². The van der Waals surface area contributed by atoms with Crippen molar-refractivity contribution >= 4 is 33.5 Å². The number of fused-ring (bicyclic) bond motifs is 5. The number of ketones is 2. The lowest BCUT2D eigenvalue weighted by atomic mass is 9.44. The van der Waals surface area contributed by atoms with Crippen molar-refractivity contribution in [1.29, 1.82) is 0 Å². The van der Waals surface area contributed by atoms with Gasteiger partial charge in [0.2, 0.25) is 5.78 Å². The first-order valence-electron chi connectivity index (χ1n) is 11.2. The molecule has 0 aliphatic heterocycles. The van der Waals surface area contributed by atoms with Crippen LogP contribution in [0, 0.1) is 28.6 Å². The van der Waals surface area contributed by atoms with Gasteiger partial charge >= 0.3 is 5.97 Å². The van der Waals surface area contributed by atoms with E-state index in [0.29, 0.717) is 0 Å². The normalized spacial score (nSPS) is 50.7. The van der Waals surface area contributed by atoms with Gasteiger partial charge in [-0.3, -0.25) is 14.4 Å². The first-order valence-corrected chi connectivity index (χ1v) is 12.1. The molecule has 0 spiro atoms. The van der Waals surface area contributed by atoms with Crippen LogP contribution in [0.4, 0.5) is 8.78 Å². The van der Waals surface area contributed by atoms with E-state index < -0.39 is 81.1 Å². The van der Waals surface area contributed by atoms with Crippen LogP contribution >= 0.6 is 15.9 Å². The summed E-state index contributed by atoms with van der Waals surface area (Å²) in [6.07, 6.45) is 0.257. The van der Waals surface area contributed by atoms with Crippen molar-refractivity contribution in [3.05, 3.63) is 23.8 Å². The topological polar surface area (TPSA) is 101 Å². The van der Waals surface area contributed by atoms with E-state index in [1.165, 1.54) is 19.1 Å². The minimum atomic E-state index is -2.36. The average Bonchev–Trinajstić information content (AvgIpc) is 2.95. The van der Waals surface area contributed by atoms with E-state index in [4.69, 9.17) is 4.74 Å². The summed E-state index contributed by atoms with van der Waals surface area (Å²) in [7, 11) is 0. The number of hydrogen-bond donors (Lipinski definition) is 2. The Morgan fingerprint density at radius 3 is 2.55 bits per heavy atom. The van der Waals surface area contributed by atoms with Gasteiger partial charge in [0.15, 0.2) is 17.1 Å². The number of esters is 1. The van der Waals surface area contributed by atoms with E-state index >= 15 is 8.78 Å². The third-order valence-electron chi connectivity index (χ3n) is 9.05. The molecule has 3 saturated carbocycles. The summed E-state index contributed by atoms with van der Waals surface area (Å²) in [5, 5.41) is 21.1. The van der Waals surface area contributed by atoms with Gasteiger partial charge in [-0.2, -0.15) is 0 Å². The average molecular weight is 531 g/mol. The Kier molecular flexibility index (Phi) is 5.62. The molecule has 2 N–H and O–H groups in total. The van der Waals surface area contributed by atoms with Crippen LogP contribution in [0.5, 0.6) is 0 Å². The number of carbonyl (C=O) groups excluding carboxylic acids is 3. The molecule has 182 valence electrons. The highest BCUT2D eigenvalue weighted by Crippen LogP contribution is 2.72. The third-order valence-corrected chi connectivity index (χ3v) is 10.1. The molecule has 10 atom stereocenters. The van der Waals surface area contributed by atoms with Gasteiger partial charge < -0.3 is 14.9 Å². The molecule has 0 radical (unpaired) electrons. The molecule has 4 aliphatic rings. The number of hydrogen-bond acceptors (Lipinski definition) is 6. The van der Waals surface area contributed by atoms with Crippen LogP contribution < -0.4 is 0 Å². The van der Waals surface area contributed by atoms with Crippen molar-refractivity contribution in [3.63, 3.8) is 0 Å². The van der Waals surface area contributed by atoms with Crippen LogP contribution in [0.25, 0.3) is 0 Å². The van der Waals surface area contributed by atoms with Gasteiger partial charge in [-0.1, -0.05) is 35.9 Å². The highest BCUT2D eigenvalue weighted by atomic mass is 79.9. The van der Waals surface area contributed by atoms with Crippen LogP contribution in [-0.2, 0) is 19.1 Å². The summed E-state index contributed by atoms with van der Waals surface area (Å²) in [6, 6.07) is 0. The van der Waals surface area contributed by atoms with Crippen LogP contribution in [0.1, 0.15) is 40.5 Å². The summed E-state index contributed by atoms with van der Waals surface area (Å²) < 4.78 is 38.7. The summed E-state index contributed by atoms with van der Waals surface area (Å²) in [6.45, 7) is 5.10. The zero-order valence-corrected chi connectivity index (χ0v) is 20.6. The van der Waals surface area contributed by atoms with Crippen molar-refractivity contribution in [3.8, 4) is 0 Å². The van der Waals surface area contributed by atoms with Crippen LogP contribution in [0.3, 0.4) is 0 Å². The van der Waals surface area contributed by atoms with E-state index in [1.807, 2.05) is 0 Å². The second-order valence-electron chi connectivity index (χ2n) is 10.5. The molecule has 0 saturated heterocycles. The van der Waals surface area contributed by atoms with Crippen LogP contribution in [-0.4, -0.2) is 62.7 Å². The van der Waals surface area contributed by atoms with E-state index in [2.05, 4.69) is 15.9 Å². The quantitative estimate of drug-likeness (QED) is 0.429. The van der Waals surface area contributed by atoms with Gasteiger partial charge in [0, 0.05) is 29.6 Å². The molecule has 4 rings (SSSR count). The number of ether oxygens (including phenoxy) is 1. The number of rotatable bonds is 3. The molecule has 0 aromatic carbocycles. The Hall–Kier alpha value is -1.45. The SMILES string of the molecule is CC(=O)O[C@]1(C(=O)CO)C(C)C[C@H]2[C@@H]3C(Br)C(F)C4=CC(=O)C=C[C@]4(C)[C@@]3(F)C(O)C[C@@]21C. The first kappa shape index (κ1) is 24.7. The molecule has 4 unspecified atom stereocenters. The monoisotopic (exact) mass is 530 g/mol. The number of aliphatic hydroxyl groups is 2. The van der Waals surface area contributed by atoms with E-state index in [0.717, 1.165) is 13.0 Å². The second kappa shape index (κ2) is 7.52. The standard InChI is InChI=1S/C24H29BrF2O6/c1-11-7-14-18-19(25)20(26)15-8-13(30)5-6-21(15,3)23(18,27)16(31)9-22(14,4)24(11,17(32)10-28)33-12(2)29/h5-6,8,11,14,16,18-20,28,31H,7,9-10H2,1-4H3/t11?,14-,16?,18+,19?,20?,21-,22-,23+,24-/m0/s1. The number of aliphatic hydroxyl groups excluding tert-OH is 2. The smallest absolute Gasteiger partial charge is 0.303 e. The second-order valence-corrected chi connectivity index (χ2v) is 11.5. The zero-order chi connectivity index (χ0) is 24.7. The molecular weight excluding hydrogens is 502 g/mol. The molecular formula is C24H29BrF2O6. The predicted molar refractivity (Wildman–Crippen MR) is 118 cm³/mol. The fraction of sp³-hybridized carbons (Fsp3) is 0.708. The molecule has 0 aromatic heterocycles. The third kappa shape index (κ3) is 2.79. The Bertz CT molecular complexity index is 982. The minimum absolute atomic E-state index is 0.0259. The van der Waals surface area contributed by atoms with E-state index in [-0.39, 0.29) is 18.4 Å². The maximum Gasteiger partial charge on any atom is 0.303 e. The maximum atomic E-state index is 17.3. The lowest BCUT2D eigenvalue weighted by Crippen LogP contribution is -2.73. The minimum Gasteiger partial charge on any atom is -0.450 e. The Morgan fingerprint density at radius 1 is 1.33 bits per heavy atom. The van der Waals surface area contributed by atoms with E-state index in [1.54, 1.807) is 13.8 Å². The molecule has 9 heteroatoms. The van der Waals surface area contributed by atoms with Crippen molar-refractivity contribution in [2.45, 2.75) is 68.9 Å². The number of allylic oxidation sites excluding steroid dienone is 4. The Morgan fingerprint density at radius 2 is 1.97 bits per heavy atom. The number of carbonyl (C=O) groups is 3. The molecule has 0 aromatic rings. The lowest BCUT2D eigenvalue weighted by molar-refractivity contribution is -0.229. The van der Waals surface area contributed by atoms with Gasteiger partial charge in [0.05, 0.1) is 10.9 Å². The van der Waals surface area contributed by atoms with E-state index in [9.17, 15) is 24.6 Å². The fourth-order valence-corrected chi connectivity index (χ4v) is 8.72. The number of alkyl halides is 3. The lowest BCUT2D eigenvalue weighted by Gasteiger charge is -2.64. The Balaban J connectivity index is 1.94. The van der Waals surface area contributed by atoms with Gasteiger partial charge in [0.25, 0.3) is 0 Å². The summed E-state index contributed by atoms with van der Waals surface area (Å²) in [5.74, 6) is -4.27. The highest BCUT2D eigenvalue weighted by molar-refractivity contribution is 9.09. The summed E-state index contributed by atoms with van der Waals surface area (Å²) in [4.78, 5) is 36.1. The van der Waals surface area contributed by atoms with Gasteiger partial charge in [-0.25, -0.2) is 8.78 Å². The first-order chi connectivity index (χ1) is 15.2.